The van der Waals surface area contributed by atoms with Crippen LogP contribution in [-0.2, 0) is 4.79 Å². The Bertz CT molecular complexity index is 723. The fraction of sp³-hybridized carbons (Fsp3) is 0.0667. The number of para-hydroxylation sites is 1. The van der Waals surface area contributed by atoms with E-state index in [1.54, 1.807) is 37.4 Å². The summed E-state index contributed by atoms with van der Waals surface area (Å²) in [6.07, 6.45) is 0. The van der Waals surface area contributed by atoms with Crippen molar-refractivity contribution in [2.45, 2.75) is 0 Å². The van der Waals surface area contributed by atoms with Crippen molar-refractivity contribution >= 4 is 38.9 Å². The lowest BCUT2D eigenvalue weighted by atomic mass is 10.1. The predicted molar refractivity (Wildman–Crippen MR) is 81.4 cm³/mol. The van der Waals surface area contributed by atoms with E-state index in [0.29, 0.717) is 16.0 Å². The zero-order valence-corrected chi connectivity index (χ0v) is 12.3. The summed E-state index contributed by atoms with van der Waals surface area (Å²) in [5.74, 6) is -0.288. The van der Waals surface area contributed by atoms with Crippen molar-refractivity contribution in [1.29, 1.82) is 0 Å². The van der Waals surface area contributed by atoms with Gasteiger partial charge in [0.2, 0.25) is 5.69 Å². The molecule has 1 aliphatic heterocycles. The maximum absolute atomic E-state index is 12.5. The molecule has 0 N–H and O–H groups in total. The van der Waals surface area contributed by atoms with Crippen LogP contribution in [0.3, 0.4) is 0 Å². The fourth-order valence-corrected chi connectivity index (χ4v) is 2.52. The van der Waals surface area contributed by atoms with Crippen molar-refractivity contribution in [1.82, 2.24) is 0 Å². The highest BCUT2D eigenvalue weighted by Gasteiger charge is 2.37. The number of hydrogen-bond donors (Lipinski definition) is 0. The van der Waals surface area contributed by atoms with Gasteiger partial charge in [-0.2, -0.15) is 4.74 Å². The van der Waals surface area contributed by atoms with Gasteiger partial charge >= 0.3 is 5.91 Å². The van der Waals surface area contributed by atoms with Crippen molar-refractivity contribution in [3.05, 3.63) is 63.8 Å². The summed E-state index contributed by atoms with van der Waals surface area (Å²) in [5, 5.41) is 12.5. The summed E-state index contributed by atoms with van der Waals surface area (Å²) in [4.78, 5) is 13.8. The Balaban J connectivity index is 2.20. The largest absolute Gasteiger partial charge is 0.618 e. The number of likely N-dealkylation sites (N-methyl/N-ethyl adjacent to an activating group) is 1. The monoisotopic (exact) mass is 330 g/mol. The van der Waals surface area contributed by atoms with Gasteiger partial charge in [-0.3, -0.25) is 4.79 Å². The van der Waals surface area contributed by atoms with Crippen molar-refractivity contribution < 1.29 is 9.53 Å². The molecule has 0 radical (unpaired) electrons. The fourth-order valence-electron chi connectivity index (χ4n) is 2.25. The molecule has 3 rings (SSSR count). The van der Waals surface area contributed by atoms with E-state index in [2.05, 4.69) is 15.9 Å². The molecule has 0 spiro atoms. The van der Waals surface area contributed by atoms with Gasteiger partial charge in [-0.25, -0.2) is 0 Å². The van der Waals surface area contributed by atoms with Crippen molar-refractivity contribution in [3.63, 3.8) is 0 Å². The number of hydrogen-bond acceptors (Lipinski definition) is 2. The lowest BCUT2D eigenvalue weighted by Gasteiger charge is -2.07. The molecular formula is C15H11BrN2O2. The number of carbonyl (C=O) groups excluding carboxylic acids is 1. The van der Waals surface area contributed by atoms with E-state index >= 15 is 0 Å². The van der Waals surface area contributed by atoms with Crippen LogP contribution in [0.4, 0.5) is 11.4 Å². The third kappa shape index (κ3) is 1.91. The van der Waals surface area contributed by atoms with Crippen LogP contribution in [-0.4, -0.2) is 23.4 Å². The van der Waals surface area contributed by atoms with Crippen molar-refractivity contribution in [2.75, 3.05) is 11.9 Å². The third-order valence-corrected chi connectivity index (χ3v) is 3.82. The Morgan fingerprint density at radius 3 is 2.45 bits per heavy atom. The summed E-state index contributed by atoms with van der Waals surface area (Å²) in [6, 6.07) is 14.2. The molecule has 2 aromatic rings. The molecule has 0 aromatic heterocycles. The second-order valence-electron chi connectivity index (χ2n) is 4.50. The number of anilines is 1. The zero-order chi connectivity index (χ0) is 14.3. The van der Waals surface area contributed by atoms with Crippen LogP contribution in [0.25, 0.3) is 0 Å². The molecule has 1 heterocycles. The Labute approximate surface area is 124 Å². The molecule has 100 valence electrons. The molecule has 0 saturated carbocycles. The van der Waals surface area contributed by atoms with Gasteiger partial charge in [-0.15, -0.1) is 0 Å². The summed E-state index contributed by atoms with van der Waals surface area (Å²) < 4.78 is 1.58. The molecule has 4 nitrogen and oxygen atoms in total. The van der Waals surface area contributed by atoms with Crippen LogP contribution in [0.1, 0.15) is 5.56 Å². The lowest BCUT2D eigenvalue weighted by molar-refractivity contribution is -0.359. The van der Waals surface area contributed by atoms with Crippen LogP contribution >= 0.6 is 15.9 Å². The van der Waals surface area contributed by atoms with E-state index in [-0.39, 0.29) is 11.6 Å². The highest BCUT2D eigenvalue weighted by atomic mass is 79.9. The van der Waals surface area contributed by atoms with Gasteiger partial charge in [0.25, 0.3) is 5.71 Å². The van der Waals surface area contributed by atoms with E-state index < -0.39 is 0 Å². The summed E-state index contributed by atoms with van der Waals surface area (Å²) in [5.41, 5.74) is 2.01. The predicted octanol–water partition coefficient (Wildman–Crippen LogP) is 3.06. The van der Waals surface area contributed by atoms with Crippen molar-refractivity contribution in [3.8, 4) is 0 Å². The first-order valence-corrected chi connectivity index (χ1v) is 6.86. The van der Waals surface area contributed by atoms with Gasteiger partial charge in [0.05, 0.1) is 11.3 Å². The van der Waals surface area contributed by atoms with Gasteiger partial charge in [0.15, 0.2) is 0 Å². The van der Waals surface area contributed by atoms with Crippen LogP contribution in [0, 0.1) is 5.21 Å². The number of amides is 1. The highest BCUT2D eigenvalue weighted by molar-refractivity contribution is 9.10. The van der Waals surface area contributed by atoms with E-state index in [1.807, 2.05) is 18.2 Å². The Kier molecular flexibility index (Phi) is 3.06. The highest BCUT2D eigenvalue weighted by Crippen LogP contribution is 2.29. The second kappa shape index (κ2) is 4.76. The van der Waals surface area contributed by atoms with E-state index in [1.165, 1.54) is 4.90 Å². The second-order valence-corrected chi connectivity index (χ2v) is 5.42. The van der Waals surface area contributed by atoms with Gasteiger partial charge in [-0.05, 0) is 24.3 Å². The number of halogens is 1. The first-order chi connectivity index (χ1) is 9.59. The lowest BCUT2D eigenvalue weighted by Crippen LogP contribution is -2.29. The normalized spacial score (nSPS) is 16.3. The summed E-state index contributed by atoms with van der Waals surface area (Å²) in [7, 11) is 1.67. The SMILES string of the molecule is CN1C(=O)/C(=[N+](/[O-])c2ccc(Br)cc2)c2ccccc21. The number of carbonyl (C=O) groups is 1. The van der Waals surface area contributed by atoms with Crippen LogP contribution < -0.4 is 4.90 Å². The Hall–Kier alpha value is -2.14. The van der Waals surface area contributed by atoms with Gasteiger partial charge in [0, 0.05) is 23.7 Å². The first kappa shape index (κ1) is 12.9. The molecule has 0 bridgehead atoms. The van der Waals surface area contributed by atoms with Gasteiger partial charge < -0.3 is 10.1 Å². The molecule has 0 saturated heterocycles. The minimum Gasteiger partial charge on any atom is -0.618 e. The van der Waals surface area contributed by atoms with Crippen molar-refractivity contribution in [2.24, 2.45) is 0 Å². The molecule has 1 aliphatic rings. The molecule has 2 aromatic carbocycles. The van der Waals surface area contributed by atoms with E-state index in [4.69, 9.17) is 0 Å². The van der Waals surface area contributed by atoms with Gasteiger partial charge in [0.1, 0.15) is 0 Å². The minimum atomic E-state index is -0.288. The maximum atomic E-state index is 12.5. The van der Waals surface area contributed by atoms with Crippen LogP contribution in [0.2, 0.25) is 0 Å². The molecular weight excluding hydrogens is 320 g/mol. The standard InChI is InChI=1S/C15H11BrN2O2/c1-17-13-5-3-2-4-12(13)14(15(17)19)18(20)11-8-6-10(16)7-9-11/h2-9H,1H3/b18-14+. The molecule has 5 heteroatoms. The molecule has 0 fully saturated rings. The zero-order valence-electron chi connectivity index (χ0n) is 10.7. The maximum Gasteiger partial charge on any atom is 0.324 e. The summed E-state index contributed by atoms with van der Waals surface area (Å²) in [6.45, 7) is 0. The van der Waals surface area contributed by atoms with Crippen LogP contribution in [0.5, 0.6) is 0 Å². The topological polar surface area (TPSA) is 46.4 Å². The van der Waals surface area contributed by atoms with E-state index in [0.717, 1.165) is 10.2 Å². The van der Waals surface area contributed by atoms with E-state index in [9.17, 15) is 10.0 Å². The molecule has 1 amide bonds. The number of rotatable bonds is 1. The molecule has 0 aliphatic carbocycles. The quantitative estimate of drug-likeness (QED) is 0.458. The number of benzene rings is 2. The number of fused-ring (bicyclic) bond motifs is 1. The smallest absolute Gasteiger partial charge is 0.324 e. The van der Waals surface area contributed by atoms with Crippen LogP contribution in [0.15, 0.2) is 53.0 Å². The average molecular weight is 331 g/mol. The van der Waals surface area contributed by atoms with Gasteiger partial charge in [-0.1, -0.05) is 28.1 Å². The first-order valence-electron chi connectivity index (χ1n) is 6.07. The average Bonchev–Trinajstić information content (AvgIpc) is 2.72. The Morgan fingerprint density at radius 1 is 1.10 bits per heavy atom. The summed E-state index contributed by atoms with van der Waals surface area (Å²) >= 11 is 3.32. The molecule has 20 heavy (non-hydrogen) atoms. The number of nitrogens with zero attached hydrogens (tertiary/aromatic N) is 2. The third-order valence-electron chi connectivity index (χ3n) is 3.29. The Morgan fingerprint density at radius 2 is 1.75 bits per heavy atom. The molecule has 0 unspecified atom stereocenters. The minimum absolute atomic E-state index is 0.158. The molecule has 0 atom stereocenters.